The van der Waals surface area contributed by atoms with Gasteiger partial charge in [0.2, 0.25) is 0 Å². The van der Waals surface area contributed by atoms with Crippen LogP contribution in [0.5, 0.6) is 0 Å². The second-order valence-corrected chi connectivity index (χ2v) is 4.76. The standard InChI is InChI=1S/C15H24N2O/c1-5-7-8-17(6-2)15(18)13-10-14(16)12(4)9-11(13)3/h9-10H,5-8,16H2,1-4H3. The fourth-order valence-electron chi connectivity index (χ4n) is 2.02. The van der Waals surface area contributed by atoms with Crippen molar-refractivity contribution in [3.8, 4) is 0 Å². The van der Waals surface area contributed by atoms with Gasteiger partial charge in [0.1, 0.15) is 0 Å². The minimum Gasteiger partial charge on any atom is -0.398 e. The summed E-state index contributed by atoms with van der Waals surface area (Å²) >= 11 is 0. The van der Waals surface area contributed by atoms with Crippen LogP contribution in [0.15, 0.2) is 12.1 Å². The fourth-order valence-corrected chi connectivity index (χ4v) is 2.02. The predicted molar refractivity (Wildman–Crippen MR) is 76.8 cm³/mol. The smallest absolute Gasteiger partial charge is 0.254 e. The molecule has 0 unspecified atom stereocenters. The van der Waals surface area contributed by atoms with Gasteiger partial charge in [-0.3, -0.25) is 4.79 Å². The Bertz CT molecular complexity index is 427. The summed E-state index contributed by atoms with van der Waals surface area (Å²) in [7, 11) is 0. The molecule has 0 saturated carbocycles. The van der Waals surface area contributed by atoms with Gasteiger partial charge in [0.15, 0.2) is 0 Å². The molecule has 0 saturated heterocycles. The highest BCUT2D eigenvalue weighted by Gasteiger charge is 2.16. The highest BCUT2D eigenvalue weighted by molar-refractivity contribution is 5.96. The van der Waals surface area contributed by atoms with E-state index in [2.05, 4.69) is 6.92 Å². The summed E-state index contributed by atoms with van der Waals surface area (Å²) in [6, 6.07) is 3.79. The highest BCUT2D eigenvalue weighted by Crippen LogP contribution is 2.19. The van der Waals surface area contributed by atoms with E-state index >= 15 is 0 Å². The largest absolute Gasteiger partial charge is 0.398 e. The molecule has 3 heteroatoms. The van der Waals surface area contributed by atoms with Crippen LogP contribution in [-0.2, 0) is 0 Å². The number of rotatable bonds is 5. The van der Waals surface area contributed by atoms with Crippen molar-refractivity contribution in [3.63, 3.8) is 0 Å². The number of carbonyl (C=O) groups is 1. The quantitative estimate of drug-likeness (QED) is 0.814. The van der Waals surface area contributed by atoms with E-state index in [0.29, 0.717) is 5.69 Å². The molecule has 0 aliphatic heterocycles. The third-order valence-corrected chi connectivity index (χ3v) is 3.29. The van der Waals surface area contributed by atoms with Gasteiger partial charge in [0.25, 0.3) is 5.91 Å². The van der Waals surface area contributed by atoms with E-state index in [-0.39, 0.29) is 5.91 Å². The molecule has 0 aliphatic rings. The summed E-state index contributed by atoms with van der Waals surface area (Å²) in [4.78, 5) is 14.3. The number of anilines is 1. The van der Waals surface area contributed by atoms with E-state index < -0.39 is 0 Å². The van der Waals surface area contributed by atoms with Gasteiger partial charge in [-0.2, -0.15) is 0 Å². The number of benzene rings is 1. The number of carbonyl (C=O) groups excluding carboxylic acids is 1. The third kappa shape index (κ3) is 3.25. The van der Waals surface area contributed by atoms with Gasteiger partial charge in [-0.1, -0.05) is 19.4 Å². The summed E-state index contributed by atoms with van der Waals surface area (Å²) in [6.07, 6.45) is 2.14. The number of hydrogen-bond donors (Lipinski definition) is 1. The van der Waals surface area contributed by atoms with Gasteiger partial charge in [0, 0.05) is 24.3 Å². The van der Waals surface area contributed by atoms with Gasteiger partial charge in [-0.25, -0.2) is 0 Å². The minimum atomic E-state index is 0.0927. The molecule has 100 valence electrons. The zero-order valence-electron chi connectivity index (χ0n) is 11.9. The van der Waals surface area contributed by atoms with Gasteiger partial charge < -0.3 is 10.6 Å². The van der Waals surface area contributed by atoms with Crippen molar-refractivity contribution in [2.24, 2.45) is 0 Å². The van der Waals surface area contributed by atoms with E-state index in [1.165, 1.54) is 0 Å². The van der Waals surface area contributed by atoms with Gasteiger partial charge in [-0.15, -0.1) is 0 Å². The second-order valence-electron chi connectivity index (χ2n) is 4.76. The first-order valence-electron chi connectivity index (χ1n) is 6.67. The number of nitrogen functional groups attached to an aromatic ring is 1. The molecular weight excluding hydrogens is 224 g/mol. The summed E-state index contributed by atoms with van der Waals surface area (Å²) in [5.74, 6) is 0.0927. The molecule has 1 aromatic carbocycles. The number of aryl methyl sites for hydroxylation is 2. The molecular formula is C15H24N2O. The topological polar surface area (TPSA) is 46.3 Å². The monoisotopic (exact) mass is 248 g/mol. The van der Waals surface area contributed by atoms with Crippen LogP contribution in [0.4, 0.5) is 5.69 Å². The van der Waals surface area contributed by atoms with Gasteiger partial charge in [0.05, 0.1) is 0 Å². The van der Waals surface area contributed by atoms with Crippen molar-refractivity contribution >= 4 is 11.6 Å². The molecule has 0 bridgehead atoms. The van der Waals surface area contributed by atoms with Crippen molar-refractivity contribution in [1.82, 2.24) is 4.90 Å². The Morgan fingerprint density at radius 2 is 1.89 bits per heavy atom. The zero-order valence-corrected chi connectivity index (χ0v) is 11.9. The van der Waals surface area contributed by atoms with Crippen LogP contribution in [0.1, 0.15) is 48.2 Å². The Kier molecular flexibility index (Phi) is 5.20. The molecule has 1 amide bonds. The molecule has 3 nitrogen and oxygen atoms in total. The molecule has 1 aromatic rings. The summed E-state index contributed by atoms with van der Waals surface area (Å²) < 4.78 is 0. The summed E-state index contributed by atoms with van der Waals surface area (Å²) in [5.41, 5.74) is 9.35. The first-order chi connectivity index (χ1) is 8.51. The number of unbranched alkanes of at least 4 members (excludes halogenated alkanes) is 1. The average molecular weight is 248 g/mol. The van der Waals surface area contributed by atoms with E-state index in [1.807, 2.05) is 37.8 Å². The Balaban J connectivity index is 2.98. The number of nitrogens with zero attached hydrogens (tertiary/aromatic N) is 1. The first kappa shape index (κ1) is 14.6. The van der Waals surface area contributed by atoms with Crippen molar-refractivity contribution in [1.29, 1.82) is 0 Å². The maximum Gasteiger partial charge on any atom is 0.254 e. The van der Waals surface area contributed by atoms with Gasteiger partial charge in [-0.05, 0) is 44.4 Å². The molecule has 0 radical (unpaired) electrons. The Morgan fingerprint density at radius 1 is 1.22 bits per heavy atom. The normalized spacial score (nSPS) is 10.4. The molecule has 2 N–H and O–H groups in total. The summed E-state index contributed by atoms with van der Waals surface area (Å²) in [6.45, 7) is 9.64. The molecule has 0 atom stereocenters. The molecule has 18 heavy (non-hydrogen) atoms. The molecule has 0 aromatic heterocycles. The number of nitrogens with two attached hydrogens (primary N) is 1. The Hall–Kier alpha value is -1.51. The van der Waals surface area contributed by atoms with Crippen LogP contribution >= 0.6 is 0 Å². The van der Waals surface area contributed by atoms with E-state index in [4.69, 9.17) is 5.73 Å². The van der Waals surface area contributed by atoms with Crippen LogP contribution in [-0.4, -0.2) is 23.9 Å². The Labute approximate surface area is 110 Å². The molecule has 0 heterocycles. The molecule has 0 aliphatic carbocycles. The number of hydrogen-bond acceptors (Lipinski definition) is 2. The summed E-state index contributed by atoms with van der Waals surface area (Å²) in [5, 5.41) is 0. The predicted octanol–water partition coefficient (Wildman–Crippen LogP) is 3.15. The average Bonchev–Trinajstić information content (AvgIpc) is 2.34. The minimum absolute atomic E-state index is 0.0927. The van der Waals surface area contributed by atoms with E-state index in [1.54, 1.807) is 0 Å². The first-order valence-corrected chi connectivity index (χ1v) is 6.67. The molecule has 1 rings (SSSR count). The van der Waals surface area contributed by atoms with Crippen LogP contribution in [0.25, 0.3) is 0 Å². The lowest BCUT2D eigenvalue weighted by Gasteiger charge is -2.22. The van der Waals surface area contributed by atoms with Crippen molar-refractivity contribution in [3.05, 3.63) is 28.8 Å². The lowest BCUT2D eigenvalue weighted by atomic mass is 10.0. The van der Waals surface area contributed by atoms with E-state index in [0.717, 1.165) is 42.6 Å². The maximum atomic E-state index is 12.4. The Morgan fingerprint density at radius 3 is 2.44 bits per heavy atom. The maximum absolute atomic E-state index is 12.4. The molecule has 0 fully saturated rings. The SMILES string of the molecule is CCCCN(CC)C(=O)c1cc(N)c(C)cc1C. The van der Waals surface area contributed by atoms with Crippen LogP contribution < -0.4 is 5.73 Å². The zero-order chi connectivity index (χ0) is 13.7. The fraction of sp³-hybridized carbons (Fsp3) is 0.533. The van der Waals surface area contributed by atoms with Crippen molar-refractivity contribution in [2.75, 3.05) is 18.8 Å². The van der Waals surface area contributed by atoms with E-state index in [9.17, 15) is 4.79 Å². The lowest BCUT2D eigenvalue weighted by Crippen LogP contribution is -2.32. The van der Waals surface area contributed by atoms with Crippen LogP contribution in [0.3, 0.4) is 0 Å². The van der Waals surface area contributed by atoms with Crippen LogP contribution in [0.2, 0.25) is 0 Å². The van der Waals surface area contributed by atoms with Crippen molar-refractivity contribution < 1.29 is 4.79 Å². The second kappa shape index (κ2) is 6.43. The van der Waals surface area contributed by atoms with Crippen molar-refractivity contribution in [2.45, 2.75) is 40.5 Å². The highest BCUT2D eigenvalue weighted by atomic mass is 16.2. The van der Waals surface area contributed by atoms with Crippen LogP contribution in [0, 0.1) is 13.8 Å². The lowest BCUT2D eigenvalue weighted by molar-refractivity contribution is 0.0761. The third-order valence-electron chi connectivity index (χ3n) is 3.29. The molecule has 0 spiro atoms. The van der Waals surface area contributed by atoms with Gasteiger partial charge >= 0.3 is 0 Å². The number of amides is 1.